The summed E-state index contributed by atoms with van der Waals surface area (Å²) in [7, 11) is 0. The number of ketones is 1. The van der Waals surface area contributed by atoms with E-state index in [9.17, 15) is 9.59 Å². The highest BCUT2D eigenvalue weighted by Gasteiger charge is 2.30. The summed E-state index contributed by atoms with van der Waals surface area (Å²) in [4.78, 5) is 29.5. The van der Waals surface area contributed by atoms with Gasteiger partial charge in [-0.05, 0) is 36.4 Å². The third-order valence-corrected chi connectivity index (χ3v) is 4.47. The van der Waals surface area contributed by atoms with Crippen LogP contribution in [0.3, 0.4) is 0 Å². The Bertz CT molecular complexity index is 1010. The van der Waals surface area contributed by atoms with E-state index in [1.807, 2.05) is 0 Å². The van der Waals surface area contributed by atoms with Gasteiger partial charge in [0.25, 0.3) is 5.56 Å². The highest BCUT2D eigenvalue weighted by molar-refractivity contribution is 9.10. The van der Waals surface area contributed by atoms with E-state index < -0.39 is 0 Å². The molecule has 4 nitrogen and oxygen atoms in total. The molecule has 0 saturated carbocycles. The Hall–Kier alpha value is -1.79. The Morgan fingerprint density at radius 3 is 2.48 bits per heavy atom. The smallest absolute Gasteiger partial charge is 0.266 e. The molecule has 1 aliphatic rings. The fraction of sp³-hybridized carbons (Fsp3) is 0. The molecular formula is C15H6Br2N2O2. The van der Waals surface area contributed by atoms with E-state index in [2.05, 4.69) is 36.8 Å². The van der Waals surface area contributed by atoms with E-state index in [4.69, 9.17) is 0 Å². The average Bonchev–Trinajstić information content (AvgIpc) is 2.71. The Morgan fingerprint density at radius 2 is 1.67 bits per heavy atom. The Balaban J connectivity index is 2.19. The molecular weight excluding hydrogens is 400 g/mol. The first-order valence-electron chi connectivity index (χ1n) is 6.13. The molecule has 0 unspecified atom stereocenters. The molecule has 0 fully saturated rings. The predicted octanol–water partition coefficient (Wildman–Crippen LogP) is 3.46. The van der Waals surface area contributed by atoms with E-state index >= 15 is 0 Å². The Morgan fingerprint density at radius 1 is 0.952 bits per heavy atom. The molecule has 1 aromatic heterocycles. The molecule has 0 saturated heterocycles. The summed E-state index contributed by atoms with van der Waals surface area (Å²) < 4.78 is 3.01. The van der Waals surface area contributed by atoms with Gasteiger partial charge in [-0.15, -0.1) is 0 Å². The SMILES string of the molecule is O=C1c2ccc(Br)cc2-n2c1nc1cc(Br)ccc1c2=O. The minimum Gasteiger partial charge on any atom is -0.285 e. The molecule has 0 amide bonds. The number of hydrogen-bond acceptors (Lipinski definition) is 3. The number of carbonyl (C=O) groups is 1. The van der Waals surface area contributed by atoms with Gasteiger partial charge in [-0.1, -0.05) is 31.9 Å². The van der Waals surface area contributed by atoms with Crippen LogP contribution in [0.2, 0.25) is 0 Å². The number of carbonyl (C=O) groups excluding carboxylic acids is 1. The van der Waals surface area contributed by atoms with Crippen LogP contribution < -0.4 is 5.56 Å². The number of halogens is 2. The molecule has 0 N–H and O–H groups in total. The summed E-state index contributed by atoms with van der Waals surface area (Å²) in [6.45, 7) is 0. The van der Waals surface area contributed by atoms with E-state index in [-0.39, 0.29) is 17.2 Å². The van der Waals surface area contributed by atoms with Crippen LogP contribution in [-0.4, -0.2) is 15.3 Å². The quantitative estimate of drug-likeness (QED) is 0.450. The zero-order valence-electron chi connectivity index (χ0n) is 10.4. The second-order valence-electron chi connectivity index (χ2n) is 4.73. The molecule has 0 bridgehead atoms. The fourth-order valence-electron chi connectivity index (χ4n) is 2.54. The maximum absolute atomic E-state index is 12.7. The van der Waals surface area contributed by atoms with Crippen molar-refractivity contribution in [3.05, 3.63) is 67.1 Å². The molecule has 102 valence electrons. The molecule has 4 rings (SSSR count). The number of aromatic nitrogens is 2. The molecule has 0 radical (unpaired) electrons. The number of fused-ring (bicyclic) bond motifs is 4. The van der Waals surface area contributed by atoms with Crippen molar-refractivity contribution < 1.29 is 4.79 Å². The molecule has 0 atom stereocenters. The highest BCUT2D eigenvalue weighted by atomic mass is 79.9. The largest absolute Gasteiger partial charge is 0.285 e. The normalized spacial score (nSPS) is 12.6. The van der Waals surface area contributed by atoms with Crippen LogP contribution in [0.25, 0.3) is 16.6 Å². The summed E-state index contributed by atoms with van der Waals surface area (Å²) in [5.41, 5.74) is 1.36. The van der Waals surface area contributed by atoms with Crippen LogP contribution >= 0.6 is 31.9 Å². The summed E-state index contributed by atoms with van der Waals surface area (Å²) in [6, 6.07) is 10.5. The Labute approximate surface area is 135 Å². The minimum atomic E-state index is -0.229. The zero-order valence-corrected chi connectivity index (χ0v) is 13.6. The number of rotatable bonds is 0. The van der Waals surface area contributed by atoms with E-state index in [1.165, 1.54) is 4.57 Å². The molecule has 21 heavy (non-hydrogen) atoms. The fourth-order valence-corrected chi connectivity index (χ4v) is 3.23. The van der Waals surface area contributed by atoms with Gasteiger partial charge >= 0.3 is 0 Å². The number of benzene rings is 2. The Kier molecular flexibility index (Phi) is 2.68. The maximum atomic E-state index is 12.7. The van der Waals surface area contributed by atoms with Crippen LogP contribution in [0, 0.1) is 0 Å². The van der Waals surface area contributed by atoms with Gasteiger partial charge in [0.2, 0.25) is 5.78 Å². The lowest BCUT2D eigenvalue weighted by molar-refractivity contribution is 0.103. The van der Waals surface area contributed by atoms with Gasteiger partial charge in [0.05, 0.1) is 22.2 Å². The van der Waals surface area contributed by atoms with Crippen molar-refractivity contribution in [3.8, 4) is 5.69 Å². The van der Waals surface area contributed by atoms with E-state index in [0.29, 0.717) is 22.2 Å². The van der Waals surface area contributed by atoms with Crippen molar-refractivity contribution in [1.29, 1.82) is 0 Å². The third kappa shape index (κ3) is 1.76. The van der Waals surface area contributed by atoms with Crippen LogP contribution in [-0.2, 0) is 0 Å². The highest BCUT2D eigenvalue weighted by Crippen LogP contribution is 2.29. The lowest BCUT2D eigenvalue weighted by atomic mass is 10.1. The molecule has 0 spiro atoms. The van der Waals surface area contributed by atoms with Crippen molar-refractivity contribution in [2.45, 2.75) is 0 Å². The molecule has 0 aliphatic carbocycles. The van der Waals surface area contributed by atoms with E-state index in [1.54, 1.807) is 36.4 Å². The number of hydrogen-bond donors (Lipinski definition) is 0. The summed E-state index contributed by atoms with van der Waals surface area (Å²) in [5.74, 6) is -0.0600. The summed E-state index contributed by atoms with van der Waals surface area (Å²) in [6.07, 6.45) is 0. The van der Waals surface area contributed by atoms with Gasteiger partial charge in [0, 0.05) is 8.95 Å². The first kappa shape index (κ1) is 12.9. The molecule has 2 heterocycles. The van der Waals surface area contributed by atoms with Crippen LogP contribution in [0.15, 0.2) is 50.1 Å². The topological polar surface area (TPSA) is 52.0 Å². The lowest BCUT2D eigenvalue weighted by Gasteiger charge is -2.06. The van der Waals surface area contributed by atoms with Crippen LogP contribution in [0.1, 0.15) is 16.2 Å². The van der Waals surface area contributed by atoms with E-state index in [0.717, 1.165) is 8.95 Å². The van der Waals surface area contributed by atoms with Crippen molar-refractivity contribution in [2.24, 2.45) is 0 Å². The predicted molar refractivity (Wildman–Crippen MR) is 86.2 cm³/mol. The minimum absolute atomic E-state index is 0.165. The lowest BCUT2D eigenvalue weighted by Crippen LogP contribution is -2.21. The van der Waals surface area contributed by atoms with Gasteiger partial charge in [-0.2, -0.15) is 0 Å². The standard InChI is InChI=1S/C15H6Br2N2O2/c16-7-1-3-9-11(5-7)18-14-13(20)10-4-2-8(17)6-12(10)19(14)15(9)21/h1-6H. The first-order valence-corrected chi connectivity index (χ1v) is 7.72. The van der Waals surface area contributed by atoms with Gasteiger partial charge in [-0.3, -0.25) is 14.2 Å². The first-order chi connectivity index (χ1) is 10.1. The van der Waals surface area contributed by atoms with Gasteiger partial charge < -0.3 is 0 Å². The third-order valence-electron chi connectivity index (χ3n) is 3.48. The second kappa shape index (κ2) is 4.35. The monoisotopic (exact) mass is 404 g/mol. The second-order valence-corrected chi connectivity index (χ2v) is 6.56. The summed E-state index contributed by atoms with van der Waals surface area (Å²) >= 11 is 6.72. The van der Waals surface area contributed by atoms with Crippen molar-refractivity contribution in [2.75, 3.05) is 0 Å². The number of nitrogens with zero attached hydrogens (tertiary/aromatic N) is 2. The van der Waals surface area contributed by atoms with Crippen molar-refractivity contribution in [3.63, 3.8) is 0 Å². The van der Waals surface area contributed by atoms with Crippen LogP contribution in [0.4, 0.5) is 0 Å². The van der Waals surface area contributed by atoms with Gasteiger partial charge in [-0.25, -0.2) is 4.98 Å². The maximum Gasteiger partial charge on any atom is 0.266 e. The average molecular weight is 406 g/mol. The van der Waals surface area contributed by atoms with Gasteiger partial charge in [0.1, 0.15) is 0 Å². The zero-order chi connectivity index (χ0) is 14.7. The molecule has 3 aromatic rings. The van der Waals surface area contributed by atoms with Crippen molar-refractivity contribution in [1.82, 2.24) is 9.55 Å². The molecule has 2 aromatic carbocycles. The van der Waals surface area contributed by atoms with Crippen LogP contribution in [0.5, 0.6) is 0 Å². The summed E-state index contributed by atoms with van der Waals surface area (Å²) in [5, 5.41) is 0.488. The van der Waals surface area contributed by atoms with Gasteiger partial charge in [0.15, 0.2) is 5.82 Å². The van der Waals surface area contributed by atoms with Crippen molar-refractivity contribution >= 4 is 48.5 Å². The molecule has 1 aliphatic heterocycles. The molecule has 6 heteroatoms.